The van der Waals surface area contributed by atoms with Gasteiger partial charge in [-0.2, -0.15) is 9.38 Å². The largest absolute Gasteiger partial charge is 0.472 e. The summed E-state index contributed by atoms with van der Waals surface area (Å²) in [6.07, 6.45) is 3.68. The quantitative estimate of drug-likeness (QED) is 0.666. The number of imidazole rings is 1. The molecule has 0 aromatic carbocycles. The molecule has 3 heterocycles. The van der Waals surface area contributed by atoms with Crippen LogP contribution in [0.3, 0.4) is 0 Å². The third-order valence-electron chi connectivity index (χ3n) is 3.31. The minimum atomic E-state index is -0.445. The number of fused-ring (bicyclic) bond motifs is 1. The van der Waals surface area contributed by atoms with E-state index in [0.29, 0.717) is 17.5 Å². The Balaban J connectivity index is 1.70. The lowest BCUT2D eigenvalue weighted by Gasteiger charge is -2.07. The van der Waals surface area contributed by atoms with Crippen LogP contribution in [-0.2, 0) is 0 Å². The van der Waals surface area contributed by atoms with Crippen molar-refractivity contribution in [2.45, 2.75) is 12.8 Å². The number of rotatable bonds is 5. The second kappa shape index (κ2) is 5.14. The van der Waals surface area contributed by atoms with Gasteiger partial charge in [0.25, 0.3) is 4.96 Å². The zero-order valence-electron chi connectivity index (χ0n) is 10.2. The molecule has 1 aliphatic rings. The zero-order valence-corrected chi connectivity index (χ0v) is 11.1. The summed E-state index contributed by atoms with van der Waals surface area (Å²) < 4.78 is 6.96. The van der Waals surface area contributed by atoms with Crippen LogP contribution in [0, 0.1) is 16.0 Å². The van der Waals surface area contributed by atoms with E-state index in [1.807, 2.05) is 0 Å². The van der Waals surface area contributed by atoms with Crippen molar-refractivity contribution in [3.8, 4) is 5.88 Å². The van der Waals surface area contributed by atoms with Crippen LogP contribution in [-0.4, -0.2) is 34.0 Å². The van der Waals surface area contributed by atoms with Crippen LogP contribution in [0.15, 0.2) is 11.6 Å². The van der Waals surface area contributed by atoms with Crippen LogP contribution in [0.5, 0.6) is 5.88 Å². The van der Waals surface area contributed by atoms with Gasteiger partial charge in [0.15, 0.2) is 0 Å². The molecule has 2 aromatic rings. The molecule has 1 unspecified atom stereocenters. The van der Waals surface area contributed by atoms with Gasteiger partial charge in [0.05, 0.1) is 6.61 Å². The molecule has 0 saturated carbocycles. The van der Waals surface area contributed by atoms with Crippen LogP contribution in [0.1, 0.15) is 12.8 Å². The molecule has 0 aliphatic carbocycles. The number of nitrogens with zero attached hydrogens (tertiary/aromatic N) is 3. The van der Waals surface area contributed by atoms with Crippen LogP contribution in [0.4, 0.5) is 5.82 Å². The molecular formula is C11H14N4O3S. The summed E-state index contributed by atoms with van der Waals surface area (Å²) in [4.78, 5) is 15.4. The first-order chi connectivity index (χ1) is 9.25. The molecule has 1 fully saturated rings. The molecule has 1 atom stereocenters. The Morgan fingerprint density at radius 2 is 2.58 bits per heavy atom. The van der Waals surface area contributed by atoms with E-state index in [0.717, 1.165) is 25.9 Å². The van der Waals surface area contributed by atoms with E-state index in [1.165, 1.54) is 15.7 Å². The first kappa shape index (κ1) is 12.4. The van der Waals surface area contributed by atoms with Gasteiger partial charge < -0.3 is 20.2 Å². The van der Waals surface area contributed by atoms with Crippen molar-refractivity contribution in [2.75, 3.05) is 19.7 Å². The van der Waals surface area contributed by atoms with Crippen molar-refractivity contribution in [1.29, 1.82) is 0 Å². The normalized spacial score (nSPS) is 19.1. The molecular weight excluding hydrogens is 268 g/mol. The first-order valence-corrected chi connectivity index (χ1v) is 7.07. The van der Waals surface area contributed by atoms with Crippen molar-refractivity contribution >= 4 is 22.1 Å². The highest BCUT2D eigenvalue weighted by molar-refractivity contribution is 7.15. The minimum absolute atomic E-state index is 0.0826. The third-order valence-corrected chi connectivity index (χ3v) is 4.06. The first-order valence-electron chi connectivity index (χ1n) is 6.19. The Morgan fingerprint density at radius 1 is 1.68 bits per heavy atom. The lowest BCUT2D eigenvalue weighted by molar-refractivity contribution is -0.391. The highest BCUT2D eigenvalue weighted by atomic mass is 32.1. The molecule has 1 N–H and O–H groups in total. The second-order valence-corrected chi connectivity index (χ2v) is 5.42. The number of ether oxygens (including phenoxy) is 1. The fraction of sp³-hybridized carbons (Fsp3) is 0.545. The molecule has 0 radical (unpaired) electrons. The number of hydrogen-bond acceptors (Lipinski definition) is 6. The number of thiazole rings is 1. The van der Waals surface area contributed by atoms with Crippen molar-refractivity contribution < 1.29 is 9.66 Å². The number of nitrogens with one attached hydrogen (secondary N) is 1. The summed E-state index contributed by atoms with van der Waals surface area (Å²) in [5, 5.41) is 16.1. The summed E-state index contributed by atoms with van der Waals surface area (Å²) in [6, 6.07) is 0. The third kappa shape index (κ3) is 2.41. The second-order valence-electron chi connectivity index (χ2n) is 4.55. The summed E-state index contributed by atoms with van der Waals surface area (Å²) in [7, 11) is 0. The Bertz CT molecular complexity index is 588. The van der Waals surface area contributed by atoms with Gasteiger partial charge in [-0.3, -0.25) is 0 Å². The highest BCUT2D eigenvalue weighted by Crippen LogP contribution is 2.30. The molecule has 8 heteroatoms. The SMILES string of the molecule is O=[N+]([O-])c1c(OCCC2CCNC2)nc2sccn12. The van der Waals surface area contributed by atoms with E-state index in [4.69, 9.17) is 4.74 Å². The Hall–Kier alpha value is -1.67. The van der Waals surface area contributed by atoms with Crippen LogP contribution >= 0.6 is 11.3 Å². The van der Waals surface area contributed by atoms with Gasteiger partial charge in [-0.05, 0) is 36.8 Å². The van der Waals surface area contributed by atoms with Crippen molar-refractivity contribution in [3.63, 3.8) is 0 Å². The molecule has 2 aromatic heterocycles. The molecule has 7 nitrogen and oxygen atoms in total. The number of hydrogen-bond donors (Lipinski definition) is 1. The minimum Gasteiger partial charge on any atom is -0.472 e. The van der Waals surface area contributed by atoms with Crippen molar-refractivity contribution in [1.82, 2.24) is 14.7 Å². The molecule has 102 valence electrons. The molecule has 0 bridgehead atoms. The van der Waals surface area contributed by atoms with Gasteiger partial charge >= 0.3 is 11.7 Å². The molecule has 0 amide bonds. The predicted octanol–water partition coefficient (Wildman–Crippen LogP) is 1.68. The van der Waals surface area contributed by atoms with Gasteiger partial charge in [-0.1, -0.05) is 11.3 Å². The molecule has 1 aliphatic heterocycles. The van der Waals surface area contributed by atoms with Gasteiger partial charge in [-0.15, -0.1) is 0 Å². The maximum absolute atomic E-state index is 11.1. The fourth-order valence-electron chi connectivity index (χ4n) is 2.30. The average molecular weight is 282 g/mol. The van der Waals surface area contributed by atoms with Crippen LogP contribution in [0.25, 0.3) is 4.96 Å². The van der Waals surface area contributed by atoms with Crippen LogP contribution in [0.2, 0.25) is 0 Å². The average Bonchev–Trinajstić information content (AvgIpc) is 3.02. The molecule has 19 heavy (non-hydrogen) atoms. The Labute approximate surface area is 113 Å². The maximum Gasteiger partial charge on any atom is 0.393 e. The summed E-state index contributed by atoms with van der Waals surface area (Å²) in [5.41, 5.74) is 0. The van der Waals surface area contributed by atoms with E-state index in [1.54, 1.807) is 11.6 Å². The molecule has 3 rings (SSSR count). The smallest absolute Gasteiger partial charge is 0.393 e. The van der Waals surface area contributed by atoms with Gasteiger partial charge in [0.2, 0.25) is 0 Å². The van der Waals surface area contributed by atoms with Gasteiger partial charge in [0, 0.05) is 5.38 Å². The van der Waals surface area contributed by atoms with Crippen molar-refractivity contribution in [2.24, 2.45) is 5.92 Å². The lowest BCUT2D eigenvalue weighted by atomic mass is 10.1. The van der Waals surface area contributed by atoms with Gasteiger partial charge in [-0.25, -0.2) is 0 Å². The maximum atomic E-state index is 11.1. The van der Waals surface area contributed by atoms with Gasteiger partial charge in [0.1, 0.15) is 6.20 Å². The van der Waals surface area contributed by atoms with E-state index in [-0.39, 0.29) is 11.7 Å². The van der Waals surface area contributed by atoms with E-state index >= 15 is 0 Å². The molecule has 0 spiro atoms. The standard InChI is InChI=1S/C11H14N4O3S/c16-15(17)10-9(13-11-14(10)4-6-19-11)18-5-2-8-1-3-12-7-8/h4,6,8,12H,1-3,5,7H2. The highest BCUT2D eigenvalue weighted by Gasteiger charge is 2.25. The Kier molecular flexibility index (Phi) is 3.34. The van der Waals surface area contributed by atoms with Crippen molar-refractivity contribution in [3.05, 3.63) is 21.7 Å². The summed E-state index contributed by atoms with van der Waals surface area (Å²) in [5.74, 6) is 0.645. The monoisotopic (exact) mass is 282 g/mol. The lowest BCUT2D eigenvalue weighted by Crippen LogP contribution is -2.12. The Morgan fingerprint density at radius 3 is 3.32 bits per heavy atom. The van der Waals surface area contributed by atoms with E-state index in [9.17, 15) is 10.1 Å². The van der Waals surface area contributed by atoms with E-state index in [2.05, 4.69) is 10.3 Å². The fourth-order valence-corrected chi connectivity index (χ4v) is 3.00. The summed E-state index contributed by atoms with van der Waals surface area (Å²) >= 11 is 1.36. The molecule has 1 saturated heterocycles. The zero-order chi connectivity index (χ0) is 13.2. The van der Waals surface area contributed by atoms with Crippen LogP contribution < -0.4 is 10.1 Å². The number of nitro groups is 1. The number of aromatic nitrogens is 2. The topological polar surface area (TPSA) is 81.7 Å². The van der Waals surface area contributed by atoms with E-state index < -0.39 is 4.92 Å². The summed E-state index contributed by atoms with van der Waals surface area (Å²) in [6.45, 7) is 2.52. The predicted molar refractivity (Wildman–Crippen MR) is 70.8 cm³/mol.